The van der Waals surface area contributed by atoms with Gasteiger partial charge in [-0.1, -0.05) is 11.6 Å². The lowest BCUT2D eigenvalue weighted by atomic mass is 10.3. The number of nitrogens with one attached hydrogen (secondary N) is 2. The van der Waals surface area contributed by atoms with Gasteiger partial charge in [0.25, 0.3) is 15.9 Å². The fraction of sp³-hybridized carbons (Fsp3) is 0.0909. The summed E-state index contributed by atoms with van der Waals surface area (Å²) in [6.45, 7) is 1.57. The molecule has 2 aromatic rings. The number of aromatic amines is 1. The smallest absolute Gasteiger partial charge is 0.271 e. The Morgan fingerprint density at radius 3 is 2.50 bits per heavy atom. The molecule has 1 aromatic heterocycles. The number of primary amides is 1. The summed E-state index contributed by atoms with van der Waals surface area (Å²) in [6, 6.07) is 5.61. The van der Waals surface area contributed by atoms with E-state index in [1.54, 1.807) is 6.92 Å². The van der Waals surface area contributed by atoms with Crippen LogP contribution in [0.5, 0.6) is 0 Å². The number of nitrogens with zero attached hydrogens (tertiary/aromatic N) is 1. The first-order valence-corrected chi connectivity index (χ1v) is 7.30. The van der Waals surface area contributed by atoms with Crippen molar-refractivity contribution in [2.75, 3.05) is 4.72 Å². The Bertz CT molecular complexity index is 752. The molecule has 0 bridgehead atoms. The fourth-order valence-electron chi connectivity index (χ4n) is 1.54. The molecule has 9 heteroatoms. The molecule has 1 aromatic carbocycles. The number of halogens is 1. The first kappa shape index (κ1) is 14.4. The second kappa shape index (κ2) is 5.14. The van der Waals surface area contributed by atoms with Crippen LogP contribution in [0, 0.1) is 6.92 Å². The molecular weight excluding hydrogens is 304 g/mol. The fourth-order valence-corrected chi connectivity index (χ4v) is 2.80. The molecule has 0 aliphatic heterocycles. The van der Waals surface area contributed by atoms with Crippen molar-refractivity contribution in [2.24, 2.45) is 5.73 Å². The summed E-state index contributed by atoms with van der Waals surface area (Å²) in [7, 11) is -3.85. The van der Waals surface area contributed by atoms with Crippen LogP contribution in [0.2, 0.25) is 5.02 Å². The van der Waals surface area contributed by atoms with Crippen molar-refractivity contribution in [3.8, 4) is 0 Å². The van der Waals surface area contributed by atoms with Crippen molar-refractivity contribution in [2.45, 2.75) is 11.8 Å². The number of hydrogen-bond donors (Lipinski definition) is 3. The molecule has 2 rings (SSSR count). The highest BCUT2D eigenvalue weighted by Gasteiger charge is 2.21. The zero-order chi connectivity index (χ0) is 14.9. The minimum atomic E-state index is -3.85. The summed E-state index contributed by atoms with van der Waals surface area (Å²) >= 11 is 5.71. The normalized spacial score (nSPS) is 11.3. The molecule has 1 amide bonds. The van der Waals surface area contributed by atoms with Gasteiger partial charge >= 0.3 is 0 Å². The average molecular weight is 315 g/mol. The number of anilines is 1. The van der Waals surface area contributed by atoms with Crippen molar-refractivity contribution in [1.82, 2.24) is 10.2 Å². The van der Waals surface area contributed by atoms with Gasteiger partial charge in [0.05, 0.1) is 10.6 Å². The molecule has 0 saturated carbocycles. The van der Waals surface area contributed by atoms with Crippen LogP contribution < -0.4 is 10.5 Å². The number of amides is 1. The monoisotopic (exact) mass is 314 g/mol. The van der Waals surface area contributed by atoms with Gasteiger partial charge in [0.1, 0.15) is 5.69 Å². The maximum absolute atomic E-state index is 12.2. The van der Waals surface area contributed by atoms with E-state index in [-0.39, 0.29) is 16.3 Å². The minimum absolute atomic E-state index is 0.0120. The van der Waals surface area contributed by atoms with Crippen LogP contribution in [0.3, 0.4) is 0 Å². The van der Waals surface area contributed by atoms with Gasteiger partial charge in [0.15, 0.2) is 5.69 Å². The molecule has 4 N–H and O–H groups in total. The SMILES string of the molecule is Cc1[nH]nc(C(N)=O)c1NS(=O)(=O)c1ccc(Cl)cc1. The van der Waals surface area contributed by atoms with Crippen molar-refractivity contribution in [3.63, 3.8) is 0 Å². The van der Waals surface area contributed by atoms with E-state index < -0.39 is 15.9 Å². The molecule has 7 nitrogen and oxygen atoms in total. The summed E-state index contributed by atoms with van der Waals surface area (Å²) in [6.07, 6.45) is 0. The quantitative estimate of drug-likeness (QED) is 0.787. The molecule has 0 radical (unpaired) electrons. The Labute approximate surface area is 120 Å². The average Bonchev–Trinajstić information content (AvgIpc) is 2.71. The number of H-pyrrole nitrogens is 1. The van der Waals surface area contributed by atoms with Gasteiger partial charge < -0.3 is 5.73 Å². The second-order valence-electron chi connectivity index (χ2n) is 4.00. The highest BCUT2D eigenvalue weighted by molar-refractivity contribution is 7.92. The summed E-state index contributed by atoms with van der Waals surface area (Å²) in [5.74, 6) is -0.830. The third-order valence-corrected chi connectivity index (χ3v) is 4.16. The molecule has 20 heavy (non-hydrogen) atoms. The van der Waals surface area contributed by atoms with Crippen LogP contribution in [-0.4, -0.2) is 24.5 Å². The molecule has 0 atom stereocenters. The first-order valence-electron chi connectivity index (χ1n) is 5.44. The largest absolute Gasteiger partial charge is 0.364 e. The van der Waals surface area contributed by atoms with Crippen molar-refractivity contribution in [1.29, 1.82) is 0 Å². The number of sulfonamides is 1. The van der Waals surface area contributed by atoms with Crippen LogP contribution in [0.15, 0.2) is 29.2 Å². The van der Waals surface area contributed by atoms with Gasteiger partial charge in [0.2, 0.25) is 0 Å². The van der Waals surface area contributed by atoms with Crippen LogP contribution in [0.1, 0.15) is 16.2 Å². The van der Waals surface area contributed by atoms with Crippen molar-refractivity contribution in [3.05, 3.63) is 40.7 Å². The number of carbonyl (C=O) groups excluding carboxylic acids is 1. The van der Waals surface area contributed by atoms with Crippen LogP contribution in [-0.2, 0) is 10.0 Å². The Hall–Kier alpha value is -2.06. The molecule has 1 heterocycles. The first-order chi connectivity index (χ1) is 9.31. The maximum Gasteiger partial charge on any atom is 0.271 e. The molecule has 0 aliphatic carbocycles. The van der Waals surface area contributed by atoms with Crippen LogP contribution in [0.4, 0.5) is 5.69 Å². The van der Waals surface area contributed by atoms with E-state index >= 15 is 0 Å². The predicted octanol–water partition coefficient (Wildman–Crippen LogP) is 1.27. The number of hydrogen-bond acceptors (Lipinski definition) is 4. The van der Waals surface area contributed by atoms with Gasteiger partial charge in [-0.15, -0.1) is 0 Å². The lowest BCUT2D eigenvalue weighted by Gasteiger charge is -2.08. The molecule has 0 spiro atoms. The Morgan fingerprint density at radius 2 is 1.95 bits per heavy atom. The Balaban J connectivity index is 2.41. The highest BCUT2D eigenvalue weighted by Crippen LogP contribution is 2.22. The van der Waals surface area contributed by atoms with E-state index in [0.717, 1.165) is 0 Å². The zero-order valence-electron chi connectivity index (χ0n) is 10.3. The summed E-state index contributed by atoms with van der Waals surface area (Å²) in [5.41, 5.74) is 5.39. The molecule has 106 valence electrons. The van der Waals surface area contributed by atoms with E-state index in [0.29, 0.717) is 10.7 Å². The van der Waals surface area contributed by atoms with E-state index in [2.05, 4.69) is 14.9 Å². The Morgan fingerprint density at radius 1 is 1.35 bits per heavy atom. The topological polar surface area (TPSA) is 118 Å². The number of benzene rings is 1. The molecule has 0 aliphatic rings. The number of rotatable bonds is 4. The molecule has 0 saturated heterocycles. The number of nitrogens with two attached hydrogens (primary N) is 1. The Kier molecular flexibility index (Phi) is 3.69. The van der Waals surface area contributed by atoms with Crippen LogP contribution in [0.25, 0.3) is 0 Å². The van der Waals surface area contributed by atoms with Crippen molar-refractivity contribution >= 4 is 33.2 Å². The second-order valence-corrected chi connectivity index (χ2v) is 6.11. The van der Waals surface area contributed by atoms with Gasteiger partial charge in [-0.05, 0) is 31.2 Å². The zero-order valence-corrected chi connectivity index (χ0v) is 11.9. The molecule has 0 unspecified atom stereocenters. The van der Waals surface area contributed by atoms with Gasteiger partial charge in [-0.3, -0.25) is 14.6 Å². The van der Waals surface area contributed by atoms with Crippen molar-refractivity contribution < 1.29 is 13.2 Å². The minimum Gasteiger partial charge on any atom is -0.364 e. The number of aryl methyl sites for hydroxylation is 1. The summed E-state index contributed by atoms with van der Waals surface area (Å²) < 4.78 is 26.7. The predicted molar refractivity (Wildman–Crippen MR) is 74.1 cm³/mol. The summed E-state index contributed by atoms with van der Waals surface area (Å²) in [4.78, 5) is 11.2. The van der Waals surface area contributed by atoms with Crippen LogP contribution >= 0.6 is 11.6 Å². The molecular formula is C11H11ClN4O3S. The molecule has 0 fully saturated rings. The van der Waals surface area contributed by atoms with Gasteiger partial charge in [0, 0.05) is 5.02 Å². The van der Waals surface area contributed by atoms with E-state index in [4.69, 9.17) is 17.3 Å². The standard InChI is InChI=1S/C11H11ClN4O3S/c1-6-9(10(11(13)17)15-14-6)16-20(18,19)8-4-2-7(12)3-5-8/h2-5,16H,1H3,(H2,13,17)(H,14,15). The van der Waals surface area contributed by atoms with E-state index in [9.17, 15) is 13.2 Å². The lowest BCUT2D eigenvalue weighted by Crippen LogP contribution is -2.18. The third-order valence-electron chi connectivity index (χ3n) is 2.54. The highest BCUT2D eigenvalue weighted by atomic mass is 35.5. The maximum atomic E-state index is 12.2. The summed E-state index contributed by atoms with van der Waals surface area (Å²) in [5, 5.41) is 6.58. The third kappa shape index (κ3) is 2.75. The van der Waals surface area contributed by atoms with E-state index in [1.165, 1.54) is 24.3 Å². The van der Waals surface area contributed by atoms with Gasteiger partial charge in [-0.2, -0.15) is 5.10 Å². The number of carbonyl (C=O) groups is 1. The number of aromatic nitrogens is 2. The van der Waals surface area contributed by atoms with Gasteiger partial charge in [-0.25, -0.2) is 8.42 Å². The van der Waals surface area contributed by atoms with E-state index in [1.807, 2.05) is 0 Å². The lowest BCUT2D eigenvalue weighted by molar-refractivity contribution is 0.0996.